The van der Waals surface area contributed by atoms with E-state index in [9.17, 15) is 10.1 Å². The largest absolute Gasteiger partial charge is 0.463 e. The fraction of sp³-hybridized carbons (Fsp3) is 0.286. The monoisotopic (exact) mass is 397 g/mol. The van der Waals surface area contributed by atoms with Crippen LogP contribution in [0.4, 0.5) is 0 Å². The number of fused-ring (bicyclic) bond motifs is 1. The second-order valence-corrected chi connectivity index (χ2v) is 6.92. The standard InChI is InChI=1S/C21H20ClN3O3/c1-5-27-21(26)16-12(4)28-20(24)15(9-23)17(16)14-8-13-7-6-10(2)11(3)18(13)25-19(14)22/h6-8,17H,5,24H2,1-4H3/t17-/m1/s1. The van der Waals surface area contributed by atoms with Gasteiger partial charge in [0.05, 0.1) is 23.6 Å². The van der Waals surface area contributed by atoms with Gasteiger partial charge in [-0.3, -0.25) is 0 Å². The van der Waals surface area contributed by atoms with Gasteiger partial charge < -0.3 is 15.2 Å². The summed E-state index contributed by atoms with van der Waals surface area (Å²) in [4.78, 5) is 17.2. The van der Waals surface area contributed by atoms with E-state index in [1.165, 1.54) is 0 Å². The number of nitrogens with two attached hydrogens (primary N) is 1. The lowest BCUT2D eigenvalue weighted by Gasteiger charge is -2.27. The van der Waals surface area contributed by atoms with Crippen LogP contribution in [0.25, 0.3) is 10.9 Å². The summed E-state index contributed by atoms with van der Waals surface area (Å²) in [5.74, 6) is -1.18. The molecule has 0 fully saturated rings. The first-order valence-electron chi connectivity index (χ1n) is 8.81. The van der Waals surface area contributed by atoms with Crippen LogP contribution in [0.15, 0.2) is 41.0 Å². The number of pyridine rings is 1. The highest BCUT2D eigenvalue weighted by Crippen LogP contribution is 2.42. The highest BCUT2D eigenvalue weighted by atomic mass is 35.5. The molecule has 2 heterocycles. The number of benzene rings is 1. The van der Waals surface area contributed by atoms with E-state index in [0.29, 0.717) is 5.56 Å². The van der Waals surface area contributed by atoms with Gasteiger partial charge in [-0.2, -0.15) is 5.26 Å². The van der Waals surface area contributed by atoms with E-state index in [2.05, 4.69) is 4.98 Å². The third kappa shape index (κ3) is 3.19. The molecule has 6 nitrogen and oxygen atoms in total. The number of rotatable bonds is 3. The zero-order chi connectivity index (χ0) is 20.6. The summed E-state index contributed by atoms with van der Waals surface area (Å²) in [7, 11) is 0. The van der Waals surface area contributed by atoms with Gasteiger partial charge in [-0.1, -0.05) is 23.7 Å². The summed E-state index contributed by atoms with van der Waals surface area (Å²) in [6.45, 7) is 7.47. The molecule has 0 radical (unpaired) electrons. The molecule has 1 aromatic carbocycles. The van der Waals surface area contributed by atoms with Crippen LogP contribution in [0.5, 0.6) is 0 Å². The molecule has 0 saturated carbocycles. The average molecular weight is 398 g/mol. The van der Waals surface area contributed by atoms with E-state index in [0.717, 1.165) is 22.0 Å². The van der Waals surface area contributed by atoms with Crippen molar-refractivity contribution < 1.29 is 14.3 Å². The number of carbonyl (C=O) groups excluding carboxylic acids is 1. The molecule has 0 amide bonds. The molecule has 144 valence electrons. The van der Waals surface area contributed by atoms with Crippen molar-refractivity contribution in [3.63, 3.8) is 0 Å². The van der Waals surface area contributed by atoms with Crippen molar-refractivity contribution >= 4 is 28.5 Å². The maximum atomic E-state index is 12.6. The van der Waals surface area contributed by atoms with Gasteiger partial charge in [-0.05, 0) is 44.9 Å². The number of ether oxygens (including phenoxy) is 2. The summed E-state index contributed by atoms with van der Waals surface area (Å²) in [6, 6.07) is 7.81. The summed E-state index contributed by atoms with van der Waals surface area (Å²) in [5, 5.41) is 10.7. The minimum absolute atomic E-state index is 0.0608. The Hall–Kier alpha value is -3.04. The summed E-state index contributed by atoms with van der Waals surface area (Å²) in [6.07, 6.45) is 0. The Morgan fingerprint density at radius 1 is 1.39 bits per heavy atom. The van der Waals surface area contributed by atoms with Crippen molar-refractivity contribution in [1.82, 2.24) is 4.98 Å². The molecular weight excluding hydrogens is 378 g/mol. The second kappa shape index (κ2) is 7.53. The van der Waals surface area contributed by atoms with Crippen LogP contribution >= 0.6 is 11.6 Å². The normalized spacial score (nSPS) is 16.8. The van der Waals surface area contributed by atoms with Gasteiger partial charge in [0.25, 0.3) is 0 Å². The van der Waals surface area contributed by atoms with Gasteiger partial charge in [0.15, 0.2) is 0 Å². The van der Waals surface area contributed by atoms with Gasteiger partial charge in [0.2, 0.25) is 5.88 Å². The molecule has 0 spiro atoms. The SMILES string of the molecule is CCOC(=O)C1=C(C)OC(N)=C(C#N)[C@H]1c1cc2ccc(C)c(C)c2nc1Cl. The molecule has 1 aliphatic rings. The molecule has 0 saturated heterocycles. The van der Waals surface area contributed by atoms with E-state index in [1.54, 1.807) is 13.8 Å². The number of nitrogens with zero attached hydrogens (tertiary/aromatic N) is 2. The Morgan fingerprint density at radius 2 is 2.11 bits per heavy atom. The van der Waals surface area contributed by atoms with Crippen LogP contribution in [-0.4, -0.2) is 17.6 Å². The van der Waals surface area contributed by atoms with E-state index >= 15 is 0 Å². The van der Waals surface area contributed by atoms with E-state index < -0.39 is 11.9 Å². The molecule has 0 aliphatic carbocycles. The van der Waals surface area contributed by atoms with Crippen molar-refractivity contribution in [2.24, 2.45) is 5.73 Å². The van der Waals surface area contributed by atoms with Crippen molar-refractivity contribution in [2.45, 2.75) is 33.6 Å². The van der Waals surface area contributed by atoms with Crippen molar-refractivity contribution in [2.75, 3.05) is 6.61 Å². The molecule has 0 bridgehead atoms. The lowest BCUT2D eigenvalue weighted by atomic mass is 9.83. The topological polar surface area (TPSA) is 98.2 Å². The summed E-state index contributed by atoms with van der Waals surface area (Å²) in [5.41, 5.74) is 9.62. The highest BCUT2D eigenvalue weighted by molar-refractivity contribution is 6.31. The van der Waals surface area contributed by atoms with E-state index in [-0.39, 0.29) is 34.5 Å². The highest BCUT2D eigenvalue weighted by Gasteiger charge is 2.37. The lowest BCUT2D eigenvalue weighted by Crippen LogP contribution is -2.26. The minimum atomic E-state index is -0.816. The lowest BCUT2D eigenvalue weighted by molar-refractivity contribution is -0.139. The van der Waals surface area contributed by atoms with Crippen LogP contribution in [0.1, 0.15) is 36.5 Å². The predicted molar refractivity (Wildman–Crippen MR) is 106 cm³/mol. The molecule has 2 aromatic rings. The van der Waals surface area contributed by atoms with Gasteiger partial charge in [-0.15, -0.1) is 0 Å². The fourth-order valence-corrected chi connectivity index (χ4v) is 3.59. The number of aromatic nitrogens is 1. The third-order valence-corrected chi connectivity index (χ3v) is 5.21. The van der Waals surface area contributed by atoms with Crippen molar-refractivity contribution in [1.29, 1.82) is 5.26 Å². The van der Waals surface area contributed by atoms with E-state index in [1.807, 2.05) is 38.1 Å². The van der Waals surface area contributed by atoms with Crippen molar-refractivity contribution in [3.8, 4) is 6.07 Å². The Kier molecular flexibility index (Phi) is 5.30. The van der Waals surface area contributed by atoms with Crippen LogP contribution < -0.4 is 5.73 Å². The maximum Gasteiger partial charge on any atom is 0.338 e. The summed E-state index contributed by atoms with van der Waals surface area (Å²) >= 11 is 6.53. The van der Waals surface area contributed by atoms with Crippen molar-refractivity contribution in [3.05, 3.63) is 62.8 Å². The maximum absolute atomic E-state index is 12.6. The Balaban J connectivity index is 2.29. The molecule has 28 heavy (non-hydrogen) atoms. The number of esters is 1. The predicted octanol–water partition coefficient (Wildman–Crippen LogP) is 4.15. The van der Waals surface area contributed by atoms with Gasteiger partial charge in [0.1, 0.15) is 22.6 Å². The molecule has 0 unspecified atom stereocenters. The molecule has 7 heteroatoms. The fourth-order valence-electron chi connectivity index (χ4n) is 3.34. The second-order valence-electron chi connectivity index (χ2n) is 6.56. The number of hydrogen-bond acceptors (Lipinski definition) is 6. The smallest absolute Gasteiger partial charge is 0.338 e. The third-order valence-electron chi connectivity index (χ3n) is 4.90. The van der Waals surface area contributed by atoms with E-state index in [4.69, 9.17) is 26.8 Å². The minimum Gasteiger partial charge on any atom is -0.463 e. The molecule has 3 rings (SSSR count). The van der Waals surface area contributed by atoms with Gasteiger partial charge in [-0.25, -0.2) is 9.78 Å². The molecule has 2 N–H and O–H groups in total. The molecular formula is C21H20ClN3O3. The molecule has 1 atom stereocenters. The van der Waals surface area contributed by atoms with Crippen LogP contribution in [0.2, 0.25) is 5.15 Å². The van der Waals surface area contributed by atoms with Crippen LogP contribution in [-0.2, 0) is 14.3 Å². The molecule has 1 aliphatic heterocycles. The average Bonchev–Trinajstić information content (AvgIpc) is 2.64. The number of allylic oxidation sites excluding steroid dienone is 2. The van der Waals surface area contributed by atoms with Gasteiger partial charge >= 0.3 is 5.97 Å². The first-order chi connectivity index (χ1) is 13.3. The number of carbonyl (C=O) groups is 1. The summed E-state index contributed by atoms with van der Waals surface area (Å²) < 4.78 is 10.6. The quantitative estimate of drug-likeness (QED) is 0.617. The molecule has 1 aromatic heterocycles. The van der Waals surface area contributed by atoms with Crippen LogP contribution in [0.3, 0.4) is 0 Å². The first-order valence-corrected chi connectivity index (χ1v) is 9.19. The Labute approximate surface area is 168 Å². The first kappa shape index (κ1) is 19.7. The Bertz CT molecular complexity index is 1100. The number of nitriles is 1. The van der Waals surface area contributed by atoms with Gasteiger partial charge in [0, 0.05) is 10.9 Å². The Morgan fingerprint density at radius 3 is 2.75 bits per heavy atom. The number of aryl methyl sites for hydroxylation is 2. The zero-order valence-corrected chi connectivity index (χ0v) is 16.8. The van der Waals surface area contributed by atoms with Crippen LogP contribution in [0, 0.1) is 25.2 Å². The zero-order valence-electron chi connectivity index (χ0n) is 16.1. The number of hydrogen-bond donors (Lipinski definition) is 1. The number of halogens is 1.